The number of hydrogen-bond donors (Lipinski definition) is 2. The average Bonchev–Trinajstić information content (AvgIpc) is 3.16. The number of alkyl halides is 2. The minimum Gasteiger partial charge on any atom is -0.321 e. The third-order valence-electron chi connectivity index (χ3n) is 4.54. The molecule has 10 heteroatoms. The van der Waals surface area contributed by atoms with Crippen LogP contribution in [0.25, 0.3) is 11.3 Å². The van der Waals surface area contributed by atoms with Crippen LogP contribution in [0.4, 0.5) is 8.78 Å². The van der Waals surface area contributed by atoms with E-state index >= 15 is 0 Å². The number of hydrazone groups is 2. The summed E-state index contributed by atoms with van der Waals surface area (Å²) in [5, 5.41) is 11.3. The number of hydrogen-bond acceptors (Lipinski definition) is 6. The summed E-state index contributed by atoms with van der Waals surface area (Å²) in [5.41, 5.74) is 5.71. The summed E-state index contributed by atoms with van der Waals surface area (Å²) >= 11 is 0. The molecule has 0 aliphatic rings. The number of aryl methyl sites for hydroxylation is 1. The standard InChI is InChI=1S/C21H24F2N8/c1-4-11-31-18(27-20(30-31)21(2,22)23)12-14-9-10-17(26-13-14)15-7-5-6-8-16(15)19(28-24)29-25-3/h5-10,13H,3-4,11-12,24H2,1-2H3,(H,28,29). The molecule has 0 aliphatic heterocycles. The fourth-order valence-electron chi connectivity index (χ4n) is 3.10. The Balaban J connectivity index is 1.89. The van der Waals surface area contributed by atoms with Crippen molar-refractivity contribution in [1.82, 2.24) is 25.2 Å². The van der Waals surface area contributed by atoms with Crippen molar-refractivity contribution in [2.24, 2.45) is 16.0 Å². The van der Waals surface area contributed by atoms with E-state index in [0.29, 0.717) is 30.3 Å². The van der Waals surface area contributed by atoms with Gasteiger partial charge in [-0.25, -0.2) is 9.67 Å². The Morgan fingerprint density at radius 2 is 2.03 bits per heavy atom. The number of pyridine rings is 1. The molecule has 8 nitrogen and oxygen atoms in total. The third kappa shape index (κ3) is 5.08. The highest BCUT2D eigenvalue weighted by atomic mass is 19.3. The maximum atomic E-state index is 13.7. The van der Waals surface area contributed by atoms with Gasteiger partial charge < -0.3 is 5.84 Å². The van der Waals surface area contributed by atoms with Gasteiger partial charge in [-0.3, -0.25) is 10.4 Å². The molecule has 0 amide bonds. The van der Waals surface area contributed by atoms with E-state index in [-0.39, 0.29) is 0 Å². The predicted octanol–water partition coefficient (Wildman–Crippen LogP) is 3.28. The number of nitrogens with one attached hydrogen (secondary N) is 1. The molecule has 3 N–H and O–H groups in total. The van der Waals surface area contributed by atoms with Crippen LogP contribution in [0.15, 0.2) is 52.8 Å². The molecule has 0 unspecified atom stereocenters. The van der Waals surface area contributed by atoms with E-state index in [9.17, 15) is 8.78 Å². The maximum Gasteiger partial charge on any atom is 0.305 e. The molecule has 0 saturated carbocycles. The Morgan fingerprint density at radius 3 is 2.65 bits per heavy atom. The maximum absolute atomic E-state index is 13.7. The van der Waals surface area contributed by atoms with Crippen molar-refractivity contribution < 1.29 is 8.78 Å². The normalized spacial score (nSPS) is 12.1. The van der Waals surface area contributed by atoms with Gasteiger partial charge in [0.1, 0.15) is 5.82 Å². The van der Waals surface area contributed by atoms with Gasteiger partial charge in [-0.15, -0.1) is 5.10 Å². The van der Waals surface area contributed by atoms with Crippen LogP contribution < -0.4 is 11.3 Å². The molecule has 3 aromatic rings. The number of halogens is 2. The monoisotopic (exact) mass is 426 g/mol. The number of benzene rings is 1. The van der Waals surface area contributed by atoms with E-state index in [2.05, 4.69) is 37.4 Å². The number of nitrogens with zero attached hydrogens (tertiary/aromatic N) is 6. The average molecular weight is 426 g/mol. The zero-order valence-electron chi connectivity index (χ0n) is 17.4. The van der Waals surface area contributed by atoms with Gasteiger partial charge >= 0.3 is 5.92 Å². The van der Waals surface area contributed by atoms with Crippen LogP contribution in [0.5, 0.6) is 0 Å². The fourth-order valence-corrected chi connectivity index (χ4v) is 3.10. The lowest BCUT2D eigenvalue weighted by Crippen LogP contribution is -2.21. The molecule has 0 bridgehead atoms. The zero-order valence-corrected chi connectivity index (χ0v) is 17.4. The Labute approximate surface area is 178 Å². The Morgan fingerprint density at radius 1 is 1.26 bits per heavy atom. The van der Waals surface area contributed by atoms with Crippen LogP contribution in [-0.2, 0) is 18.9 Å². The van der Waals surface area contributed by atoms with Crippen LogP contribution in [-0.4, -0.2) is 32.3 Å². The van der Waals surface area contributed by atoms with Crippen LogP contribution in [0.3, 0.4) is 0 Å². The number of amidine groups is 1. The van der Waals surface area contributed by atoms with Crippen LogP contribution >= 0.6 is 0 Å². The number of rotatable bonds is 8. The molecule has 1 aromatic carbocycles. The van der Waals surface area contributed by atoms with Crippen LogP contribution in [0.2, 0.25) is 0 Å². The lowest BCUT2D eigenvalue weighted by atomic mass is 10.0. The zero-order chi connectivity index (χ0) is 22.4. The Hall–Kier alpha value is -3.69. The molecular formula is C21H24F2N8. The van der Waals surface area contributed by atoms with Gasteiger partial charge in [0.2, 0.25) is 5.82 Å². The second kappa shape index (κ2) is 9.41. The Bertz CT molecular complexity index is 1070. The van der Waals surface area contributed by atoms with Crippen molar-refractivity contribution in [2.75, 3.05) is 0 Å². The fraction of sp³-hybridized carbons (Fsp3) is 0.286. The van der Waals surface area contributed by atoms with Gasteiger partial charge in [-0.1, -0.05) is 37.3 Å². The van der Waals surface area contributed by atoms with Crippen molar-refractivity contribution in [2.45, 2.75) is 39.2 Å². The second-order valence-electron chi connectivity index (χ2n) is 6.98. The van der Waals surface area contributed by atoms with E-state index in [1.165, 1.54) is 4.68 Å². The van der Waals surface area contributed by atoms with Gasteiger partial charge in [0, 0.05) is 43.9 Å². The lowest BCUT2D eigenvalue weighted by molar-refractivity contribution is 0.00751. The first-order chi connectivity index (χ1) is 14.9. The first kappa shape index (κ1) is 22.0. The molecule has 0 aliphatic carbocycles. The van der Waals surface area contributed by atoms with Crippen molar-refractivity contribution in [1.29, 1.82) is 0 Å². The van der Waals surface area contributed by atoms with E-state index < -0.39 is 11.7 Å². The minimum atomic E-state index is -3.09. The summed E-state index contributed by atoms with van der Waals surface area (Å²) in [5.74, 6) is 2.75. The second-order valence-corrected chi connectivity index (χ2v) is 6.98. The summed E-state index contributed by atoms with van der Waals surface area (Å²) in [6, 6.07) is 11.2. The van der Waals surface area contributed by atoms with E-state index in [0.717, 1.165) is 30.0 Å². The lowest BCUT2D eigenvalue weighted by Gasteiger charge is -2.11. The highest BCUT2D eigenvalue weighted by Crippen LogP contribution is 2.25. The quantitative estimate of drug-likeness (QED) is 0.249. The van der Waals surface area contributed by atoms with E-state index in [1.54, 1.807) is 6.20 Å². The van der Waals surface area contributed by atoms with Gasteiger partial charge in [-0.05, 0) is 18.1 Å². The summed E-state index contributed by atoms with van der Waals surface area (Å²) in [6.45, 7) is 6.66. The highest BCUT2D eigenvalue weighted by Gasteiger charge is 2.31. The molecule has 0 fully saturated rings. The molecule has 0 spiro atoms. The summed E-state index contributed by atoms with van der Waals surface area (Å²) in [6.07, 6.45) is 2.80. The minimum absolute atomic E-state index is 0.343. The largest absolute Gasteiger partial charge is 0.321 e. The molecule has 162 valence electrons. The molecule has 2 aromatic heterocycles. The van der Waals surface area contributed by atoms with Gasteiger partial charge in [0.05, 0.1) is 5.69 Å². The van der Waals surface area contributed by atoms with Crippen molar-refractivity contribution in [3.05, 3.63) is 65.4 Å². The molecule has 0 radical (unpaired) electrons. The van der Waals surface area contributed by atoms with E-state index in [1.807, 2.05) is 43.3 Å². The molecule has 0 atom stereocenters. The SMILES string of the molecule is C=NN/C(=N\N)c1ccccc1-c1ccc(Cc2nc(C(C)(F)F)nn2CCC)cn1. The molecule has 3 rings (SSSR count). The number of nitrogens with two attached hydrogens (primary N) is 1. The van der Waals surface area contributed by atoms with Crippen molar-refractivity contribution in [3.8, 4) is 11.3 Å². The van der Waals surface area contributed by atoms with Crippen LogP contribution in [0, 0.1) is 0 Å². The summed E-state index contributed by atoms with van der Waals surface area (Å²) in [7, 11) is 0. The van der Waals surface area contributed by atoms with Gasteiger partial charge in [0.25, 0.3) is 0 Å². The van der Waals surface area contributed by atoms with Crippen LogP contribution in [0.1, 0.15) is 43.0 Å². The molecule has 2 heterocycles. The van der Waals surface area contributed by atoms with Crippen molar-refractivity contribution >= 4 is 12.6 Å². The smallest absolute Gasteiger partial charge is 0.305 e. The molecule has 31 heavy (non-hydrogen) atoms. The summed E-state index contributed by atoms with van der Waals surface area (Å²) < 4.78 is 28.9. The topological polar surface area (TPSA) is 106 Å². The third-order valence-corrected chi connectivity index (χ3v) is 4.54. The molecule has 0 saturated heterocycles. The summed E-state index contributed by atoms with van der Waals surface area (Å²) in [4.78, 5) is 8.60. The predicted molar refractivity (Wildman–Crippen MR) is 116 cm³/mol. The van der Waals surface area contributed by atoms with Gasteiger partial charge in [-0.2, -0.15) is 19.0 Å². The molecular weight excluding hydrogens is 402 g/mol. The number of aromatic nitrogens is 4. The first-order valence-corrected chi connectivity index (χ1v) is 9.73. The first-order valence-electron chi connectivity index (χ1n) is 9.73. The van der Waals surface area contributed by atoms with Crippen molar-refractivity contribution in [3.63, 3.8) is 0 Å². The van der Waals surface area contributed by atoms with Gasteiger partial charge in [0.15, 0.2) is 5.84 Å². The Kier molecular flexibility index (Phi) is 6.68. The highest BCUT2D eigenvalue weighted by molar-refractivity contribution is 6.03. The van der Waals surface area contributed by atoms with E-state index in [4.69, 9.17) is 5.84 Å².